The van der Waals surface area contributed by atoms with Gasteiger partial charge in [0.25, 0.3) is 0 Å². The molecule has 74 valence electrons. The van der Waals surface area contributed by atoms with Crippen molar-refractivity contribution in [3.63, 3.8) is 0 Å². The number of nitrogens with one attached hydrogen (secondary N) is 1. The highest BCUT2D eigenvalue weighted by Gasteiger charge is 2.00. The van der Waals surface area contributed by atoms with Crippen LogP contribution in [0.5, 0.6) is 0 Å². The smallest absolute Gasteiger partial charge is 0.248 e. The summed E-state index contributed by atoms with van der Waals surface area (Å²) in [6, 6.07) is 7.23. The first kappa shape index (κ1) is 10.3. The molecule has 1 unspecified atom stereocenters. The van der Waals surface area contributed by atoms with Crippen molar-refractivity contribution in [1.82, 2.24) is 0 Å². The first-order valence-electron chi connectivity index (χ1n) is 4.42. The lowest BCUT2D eigenvalue weighted by atomic mass is 10.2. The lowest BCUT2D eigenvalue weighted by Crippen LogP contribution is -2.13. The van der Waals surface area contributed by atoms with Crippen molar-refractivity contribution in [3.05, 3.63) is 42.5 Å². The van der Waals surface area contributed by atoms with Crippen molar-refractivity contribution in [2.75, 3.05) is 5.32 Å². The number of amides is 1. The normalized spacial score (nSPS) is 11.8. The van der Waals surface area contributed by atoms with Crippen molar-refractivity contribution >= 4 is 11.6 Å². The Hall–Kier alpha value is -1.77. The van der Waals surface area contributed by atoms with Gasteiger partial charge in [-0.05, 0) is 31.2 Å². The molecule has 1 amide bonds. The molecular weight excluding hydrogens is 176 g/mol. The van der Waals surface area contributed by atoms with Gasteiger partial charge in [-0.3, -0.25) is 4.79 Å². The summed E-state index contributed by atoms with van der Waals surface area (Å²) in [6.45, 7) is 5.66. The Morgan fingerprint density at radius 3 is 2.50 bits per heavy atom. The van der Waals surface area contributed by atoms with Gasteiger partial charge in [0.2, 0.25) is 5.91 Å². The van der Waals surface area contributed by atoms with E-state index in [0.29, 0.717) is 5.56 Å². The highest BCUT2D eigenvalue weighted by molar-refractivity contribution is 5.93. The van der Waals surface area contributed by atoms with Crippen LogP contribution < -0.4 is 11.1 Å². The number of carbonyl (C=O) groups excluding carboxylic acids is 1. The van der Waals surface area contributed by atoms with Gasteiger partial charge in [-0.25, -0.2) is 0 Å². The van der Waals surface area contributed by atoms with Crippen LogP contribution in [0.4, 0.5) is 5.69 Å². The van der Waals surface area contributed by atoms with Gasteiger partial charge in [0.1, 0.15) is 0 Å². The SMILES string of the molecule is C=CC(C)Nc1ccc(C(N)=O)cc1. The van der Waals surface area contributed by atoms with E-state index in [4.69, 9.17) is 5.73 Å². The number of hydrogen-bond acceptors (Lipinski definition) is 2. The number of primary amides is 1. The van der Waals surface area contributed by atoms with Crippen molar-refractivity contribution in [2.24, 2.45) is 5.73 Å². The lowest BCUT2D eigenvalue weighted by molar-refractivity contribution is 0.100. The minimum atomic E-state index is -0.409. The van der Waals surface area contributed by atoms with Crippen molar-refractivity contribution < 1.29 is 4.79 Å². The first-order valence-corrected chi connectivity index (χ1v) is 4.42. The molecule has 1 aromatic rings. The molecule has 0 aliphatic carbocycles. The van der Waals surface area contributed by atoms with E-state index >= 15 is 0 Å². The van der Waals surface area contributed by atoms with E-state index in [-0.39, 0.29) is 6.04 Å². The van der Waals surface area contributed by atoms with Gasteiger partial charge in [-0.1, -0.05) is 6.08 Å². The highest BCUT2D eigenvalue weighted by atomic mass is 16.1. The maximum Gasteiger partial charge on any atom is 0.248 e. The molecule has 0 spiro atoms. The van der Waals surface area contributed by atoms with Gasteiger partial charge in [-0.2, -0.15) is 0 Å². The van der Waals surface area contributed by atoms with Gasteiger partial charge in [0, 0.05) is 17.3 Å². The summed E-state index contributed by atoms with van der Waals surface area (Å²) in [6.07, 6.45) is 1.81. The fraction of sp³-hybridized carbons (Fsp3) is 0.182. The molecule has 1 atom stereocenters. The maximum absolute atomic E-state index is 10.8. The van der Waals surface area contributed by atoms with Gasteiger partial charge in [-0.15, -0.1) is 6.58 Å². The largest absolute Gasteiger partial charge is 0.379 e. The Bertz CT molecular complexity index is 330. The molecule has 0 fully saturated rings. The standard InChI is InChI=1S/C11H14N2O/c1-3-8(2)13-10-6-4-9(5-7-10)11(12)14/h3-8,13H,1H2,2H3,(H2,12,14). The average molecular weight is 190 g/mol. The third kappa shape index (κ3) is 2.62. The maximum atomic E-state index is 10.8. The molecule has 0 bridgehead atoms. The highest BCUT2D eigenvalue weighted by Crippen LogP contribution is 2.10. The van der Waals surface area contributed by atoms with Crippen LogP contribution in [0, 0.1) is 0 Å². The average Bonchev–Trinajstić information content (AvgIpc) is 2.18. The number of rotatable bonds is 4. The zero-order chi connectivity index (χ0) is 10.6. The summed E-state index contributed by atoms with van der Waals surface area (Å²) < 4.78 is 0. The lowest BCUT2D eigenvalue weighted by Gasteiger charge is -2.10. The Morgan fingerprint density at radius 2 is 2.07 bits per heavy atom. The Labute approximate surface area is 83.6 Å². The van der Waals surface area contributed by atoms with Gasteiger partial charge in [0.15, 0.2) is 0 Å². The van der Waals surface area contributed by atoms with Crippen LogP contribution in [-0.4, -0.2) is 11.9 Å². The van der Waals surface area contributed by atoms with E-state index in [9.17, 15) is 4.79 Å². The molecule has 0 aliphatic rings. The van der Waals surface area contributed by atoms with Crippen LogP contribution in [0.15, 0.2) is 36.9 Å². The molecule has 3 heteroatoms. The second-order valence-electron chi connectivity index (χ2n) is 3.11. The van der Waals surface area contributed by atoms with Crippen LogP contribution in [0.1, 0.15) is 17.3 Å². The summed E-state index contributed by atoms with van der Waals surface area (Å²) in [4.78, 5) is 10.8. The molecule has 3 nitrogen and oxygen atoms in total. The fourth-order valence-corrected chi connectivity index (χ4v) is 1.05. The van der Waals surface area contributed by atoms with Crippen molar-refractivity contribution in [2.45, 2.75) is 13.0 Å². The zero-order valence-electron chi connectivity index (χ0n) is 8.16. The van der Waals surface area contributed by atoms with E-state index < -0.39 is 5.91 Å². The third-order valence-corrected chi connectivity index (χ3v) is 1.92. The number of hydrogen-bond donors (Lipinski definition) is 2. The molecule has 0 aromatic heterocycles. The van der Waals surface area contributed by atoms with Crippen LogP contribution >= 0.6 is 0 Å². The van der Waals surface area contributed by atoms with Gasteiger partial charge < -0.3 is 11.1 Å². The molecule has 0 saturated heterocycles. The van der Waals surface area contributed by atoms with E-state index in [0.717, 1.165) is 5.69 Å². The van der Waals surface area contributed by atoms with E-state index in [2.05, 4.69) is 11.9 Å². The molecule has 3 N–H and O–H groups in total. The summed E-state index contributed by atoms with van der Waals surface area (Å²) in [5.74, 6) is -0.409. The number of anilines is 1. The summed E-state index contributed by atoms with van der Waals surface area (Å²) >= 11 is 0. The zero-order valence-corrected chi connectivity index (χ0v) is 8.16. The van der Waals surface area contributed by atoms with Gasteiger partial charge in [0.05, 0.1) is 0 Å². The second kappa shape index (κ2) is 4.46. The molecule has 0 radical (unpaired) electrons. The molecule has 14 heavy (non-hydrogen) atoms. The molecule has 0 aliphatic heterocycles. The van der Waals surface area contributed by atoms with Gasteiger partial charge >= 0.3 is 0 Å². The first-order chi connectivity index (χ1) is 6.63. The summed E-state index contributed by atoms with van der Waals surface area (Å²) in [5, 5.41) is 3.19. The number of nitrogens with two attached hydrogens (primary N) is 1. The van der Waals surface area contributed by atoms with E-state index in [1.54, 1.807) is 12.1 Å². The Morgan fingerprint density at radius 1 is 1.50 bits per heavy atom. The third-order valence-electron chi connectivity index (χ3n) is 1.92. The van der Waals surface area contributed by atoms with Crippen molar-refractivity contribution in [1.29, 1.82) is 0 Å². The van der Waals surface area contributed by atoms with Crippen LogP contribution in [-0.2, 0) is 0 Å². The molecular formula is C11H14N2O. The number of carbonyl (C=O) groups is 1. The minimum absolute atomic E-state index is 0.203. The van der Waals surface area contributed by atoms with Crippen LogP contribution in [0.25, 0.3) is 0 Å². The number of benzene rings is 1. The fourth-order valence-electron chi connectivity index (χ4n) is 1.05. The molecule has 1 aromatic carbocycles. The Balaban J connectivity index is 2.73. The van der Waals surface area contributed by atoms with Crippen molar-refractivity contribution in [3.8, 4) is 0 Å². The summed E-state index contributed by atoms with van der Waals surface area (Å²) in [7, 11) is 0. The summed E-state index contributed by atoms with van der Waals surface area (Å²) in [5.41, 5.74) is 6.58. The molecule has 0 heterocycles. The molecule has 0 saturated carbocycles. The molecule has 1 rings (SSSR count). The predicted octanol–water partition coefficient (Wildman–Crippen LogP) is 1.77. The van der Waals surface area contributed by atoms with E-state index in [1.165, 1.54) is 0 Å². The second-order valence-corrected chi connectivity index (χ2v) is 3.11. The quantitative estimate of drug-likeness (QED) is 0.711. The predicted molar refractivity (Wildman–Crippen MR) is 58.2 cm³/mol. The van der Waals surface area contributed by atoms with Crippen LogP contribution in [0.2, 0.25) is 0 Å². The van der Waals surface area contributed by atoms with Crippen LogP contribution in [0.3, 0.4) is 0 Å². The topological polar surface area (TPSA) is 55.1 Å². The van der Waals surface area contributed by atoms with E-state index in [1.807, 2.05) is 25.1 Å². The Kier molecular flexibility index (Phi) is 3.29. The minimum Gasteiger partial charge on any atom is -0.379 e. The monoisotopic (exact) mass is 190 g/mol.